The molecule has 2 nitrogen and oxygen atoms in total. The van der Waals surface area contributed by atoms with E-state index >= 15 is 0 Å². The van der Waals surface area contributed by atoms with Crippen LogP contribution in [0.15, 0.2) is 53.1 Å². The molecule has 0 saturated carbocycles. The van der Waals surface area contributed by atoms with Gasteiger partial charge in [-0.1, -0.05) is 57.8 Å². The average Bonchev–Trinajstić information content (AvgIpc) is 3.01. The van der Waals surface area contributed by atoms with Crippen LogP contribution in [-0.2, 0) is 6.42 Å². The Morgan fingerprint density at radius 1 is 1.00 bits per heavy atom. The summed E-state index contributed by atoms with van der Waals surface area (Å²) in [5.41, 5.74) is 6.73. The smallest absolute Gasteiger partial charge is 0.144 e. The van der Waals surface area contributed by atoms with Gasteiger partial charge in [0.15, 0.2) is 0 Å². The first-order chi connectivity index (χ1) is 13.3. The average molecular weight is 388 g/mol. The summed E-state index contributed by atoms with van der Waals surface area (Å²) in [6, 6.07) is 15.1. The number of nitrogens with zero attached hydrogens (tertiary/aromatic N) is 1. The third-order valence-corrected chi connectivity index (χ3v) is 7.57. The third-order valence-electron chi connectivity index (χ3n) is 5.53. The molecule has 0 unspecified atom stereocenters. The van der Waals surface area contributed by atoms with Crippen molar-refractivity contribution in [2.75, 3.05) is 0 Å². The van der Waals surface area contributed by atoms with Crippen LogP contribution < -0.4 is 5.19 Å². The van der Waals surface area contributed by atoms with Crippen LogP contribution in [0.1, 0.15) is 25.0 Å². The van der Waals surface area contributed by atoms with Crippen molar-refractivity contribution in [1.82, 2.24) is 4.98 Å². The van der Waals surface area contributed by atoms with Crippen LogP contribution in [0.3, 0.4) is 0 Å². The summed E-state index contributed by atoms with van der Waals surface area (Å²) in [4.78, 5) is 4.78. The van der Waals surface area contributed by atoms with E-state index < -0.39 is 8.07 Å². The second kappa shape index (κ2) is 6.89. The highest BCUT2D eigenvalue weighted by Crippen LogP contribution is 2.36. The number of fused-ring (bicyclic) bond motifs is 3. The topological polar surface area (TPSA) is 26.0 Å². The second-order valence-electron chi connectivity index (χ2n) is 9.25. The molecule has 0 spiro atoms. The fraction of sp³-hybridized carbons (Fsp3) is 0.320. The highest BCUT2D eigenvalue weighted by Gasteiger charge is 2.25. The van der Waals surface area contributed by atoms with Gasteiger partial charge in [-0.25, -0.2) is 0 Å². The zero-order valence-electron chi connectivity index (χ0n) is 17.8. The Labute approximate surface area is 168 Å². The van der Waals surface area contributed by atoms with Crippen molar-refractivity contribution in [3.8, 4) is 11.3 Å². The van der Waals surface area contributed by atoms with Crippen molar-refractivity contribution < 1.29 is 4.42 Å². The van der Waals surface area contributed by atoms with E-state index in [0.717, 1.165) is 28.8 Å². The maximum atomic E-state index is 6.43. The molecule has 0 fully saturated rings. The predicted octanol–water partition coefficient (Wildman–Crippen LogP) is 6.70. The van der Waals surface area contributed by atoms with Gasteiger partial charge in [0, 0.05) is 22.5 Å². The molecule has 0 saturated heterocycles. The monoisotopic (exact) mass is 387 g/mol. The summed E-state index contributed by atoms with van der Waals surface area (Å²) >= 11 is 0. The molecule has 0 aliphatic heterocycles. The number of rotatable bonds is 4. The van der Waals surface area contributed by atoms with Crippen molar-refractivity contribution >= 4 is 35.2 Å². The van der Waals surface area contributed by atoms with Gasteiger partial charge in [-0.15, -0.1) is 0 Å². The molecule has 2 heterocycles. The Kier molecular flexibility index (Phi) is 4.66. The van der Waals surface area contributed by atoms with Crippen LogP contribution in [-0.4, -0.2) is 13.1 Å². The van der Waals surface area contributed by atoms with E-state index in [2.05, 4.69) is 76.8 Å². The zero-order chi connectivity index (χ0) is 20.1. The molecule has 4 aromatic rings. The number of hydrogen-bond donors (Lipinski definition) is 0. The lowest BCUT2D eigenvalue weighted by atomic mass is 9.95. The van der Waals surface area contributed by atoms with E-state index in [1.54, 1.807) is 0 Å². The quantitative estimate of drug-likeness (QED) is 0.364. The first kappa shape index (κ1) is 18.9. The normalized spacial score (nSPS) is 12.4. The number of pyridine rings is 1. The fourth-order valence-corrected chi connectivity index (χ4v) is 5.73. The Morgan fingerprint density at radius 3 is 2.46 bits per heavy atom. The largest absolute Gasteiger partial charge is 0.455 e. The summed E-state index contributed by atoms with van der Waals surface area (Å²) in [5, 5.41) is 3.95. The number of para-hydroxylation sites is 1. The molecule has 2 aromatic heterocycles. The van der Waals surface area contributed by atoms with Gasteiger partial charge in [-0.05, 0) is 53.8 Å². The first-order valence-electron chi connectivity index (χ1n) is 10.2. The van der Waals surface area contributed by atoms with Gasteiger partial charge in [-0.2, -0.15) is 0 Å². The van der Waals surface area contributed by atoms with E-state index in [4.69, 9.17) is 9.40 Å². The van der Waals surface area contributed by atoms with E-state index in [0.29, 0.717) is 5.92 Å². The molecule has 0 radical (unpaired) electrons. The second-order valence-corrected chi connectivity index (χ2v) is 14.3. The maximum Gasteiger partial charge on any atom is 0.144 e. The lowest BCUT2D eigenvalue weighted by Gasteiger charge is -2.19. The summed E-state index contributed by atoms with van der Waals surface area (Å²) in [7, 11) is -1.53. The zero-order valence-corrected chi connectivity index (χ0v) is 18.8. The lowest BCUT2D eigenvalue weighted by molar-refractivity contribution is 0.644. The molecule has 0 atom stereocenters. The van der Waals surface area contributed by atoms with Crippen LogP contribution in [0, 0.1) is 12.8 Å². The summed E-state index contributed by atoms with van der Waals surface area (Å²) in [5.74, 6) is 0.620. The minimum Gasteiger partial charge on any atom is -0.455 e. The van der Waals surface area contributed by atoms with E-state index in [-0.39, 0.29) is 0 Å². The fourth-order valence-electron chi connectivity index (χ4n) is 4.15. The van der Waals surface area contributed by atoms with Gasteiger partial charge < -0.3 is 4.42 Å². The van der Waals surface area contributed by atoms with Gasteiger partial charge in [0.25, 0.3) is 0 Å². The molecule has 0 N–H and O–H groups in total. The number of hydrogen-bond acceptors (Lipinski definition) is 2. The van der Waals surface area contributed by atoms with Gasteiger partial charge >= 0.3 is 0 Å². The minimum atomic E-state index is -1.53. The van der Waals surface area contributed by atoms with Crippen LogP contribution in [0.2, 0.25) is 19.6 Å². The molecule has 28 heavy (non-hydrogen) atoms. The number of aromatic nitrogens is 1. The van der Waals surface area contributed by atoms with Crippen LogP contribution in [0.4, 0.5) is 0 Å². The molecule has 4 rings (SSSR count). The van der Waals surface area contributed by atoms with E-state index in [1.165, 1.54) is 27.1 Å². The van der Waals surface area contributed by atoms with Crippen LogP contribution >= 0.6 is 0 Å². The highest BCUT2D eigenvalue weighted by molar-refractivity contribution is 6.90. The standard InChI is InChI=1S/C25H29NOSi/c1-16(2)15-18-13-14-26-24(17(18)3)20-11-12-22(28(4,5)6)23-19-9-7-8-10-21(19)27-25(20)23/h7-14,16H,15H2,1-6H3. The summed E-state index contributed by atoms with van der Waals surface area (Å²) in [6.45, 7) is 13.9. The molecule has 144 valence electrons. The number of benzene rings is 2. The molecule has 0 amide bonds. The van der Waals surface area contributed by atoms with Crippen molar-refractivity contribution in [3.63, 3.8) is 0 Å². The molecule has 0 bridgehead atoms. The summed E-state index contributed by atoms with van der Waals surface area (Å²) in [6.07, 6.45) is 3.01. The molecule has 0 aliphatic carbocycles. The van der Waals surface area contributed by atoms with Crippen molar-refractivity contribution in [1.29, 1.82) is 0 Å². The summed E-state index contributed by atoms with van der Waals surface area (Å²) < 4.78 is 6.43. The van der Waals surface area contributed by atoms with E-state index in [9.17, 15) is 0 Å². The Morgan fingerprint density at radius 2 is 1.75 bits per heavy atom. The van der Waals surface area contributed by atoms with Crippen LogP contribution in [0.25, 0.3) is 33.2 Å². The van der Waals surface area contributed by atoms with Gasteiger partial charge in [0.05, 0.1) is 13.8 Å². The number of furan rings is 1. The van der Waals surface area contributed by atoms with Gasteiger partial charge in [-0.3, -0.25) is 4.98 Å². The highest BCUT2D eigenvalue weighted by atomic mass is 28.3. The molecule has 2 aromatic carbocycles. The maximum absolute atomic E-state index is 6.43. The van der Waals surface area contributed by atoms with Gasteiger partial charge in [0.1, 0.15) is 11.2 Å². The predicted molar refractivity (Wildman–Crippen MR) is 123 cm³/mol. The first-order valence-corrected chi connectivity index (χ1v) is 13.7. The Bertz CT molecular complexity index is 1160. The molecular weight excluding hydrogens is 358 g/mol. The lowest BCUT2D eigenvalue weighted by Crippen LogP contribution is -2.37. The molecule has 0 aliphatic rings. The van der Waals surface area contributed by atoms with Gasteiger partial charge in [0.2, 0.25) is 0 Å². The van der Waals surface area contributed by atoms with Crippen molar-refractivity contribution in [2.45, 2.75) is 46.8 Å². The van der Waals surface area contributed by atoms with E-state index in [1.807, 2.05) is 12.3 Å². The Balaban J connectivity index is 2.05. The SMILES string of the molecule is Cc1c(CC(C)C)ccnc1-c1ccc([Si](C)(C)C)c2c1oc1ccccc12. The Hall–Kier alpha value is -2.39. The molecule has 3 heteroatoms. The van der Waals surface area contributed by atoms with Crippen molar-refractivity contribution in [3.05, 3.63) is 59.8 Å². The third kappa shape index (κ3) is 3.18. The van der Waals surface area contributed by atoms with Crippen LogP contribution in [0.5, 0.6) is 0 Å². The van der Waals surface area contributed by atoms with Crippen molar-refractivity contribution in [2.24, 2.45) is 5.92 Å². The molecular formula is C25H29NOSi. The minimum absolute atomic E-state index is 0.620.